The molecule has 1 amide bonds. The Hall–Kier alpha value is -3.47. The highest BCUT2D eigenvalue weighted by atomic mass is 32.2. The van der Waals surface area contributed by atoms with Crippen LogP contribution in [0.5, 0.6) is 0 Å². The summed E-state index contributed by atoms with van der Waals surface area (Å²) in [6, 6.07) is 19.3. The first-order chi connectivity index (χ1) is 18.7. The molecule has 1 aliphatic heterocycles. The standard InChI is InChI=1S/C29H30N4O4S2/c1-5-16-33-23-15-12-20(17-25(23)38-24-9-7-6-8-22(24)29(33)34)27-30-28(37-31-27)26(18(2)3)32-39(35,36)21-13-10-19(4)11-14-21/h6-15,17-18,26,32H,5,16H2,1-4H3/t26-/m0/s1. The van der Waals surface area contributed by atoms with Crippen LogP contribution in [0.1, 0.15) is 55.0 Å². The first-order valence-corrected chi connectivity index (χ1v) is 15.1. The molecule has 0 unspecified atom stereocenters. The molecule has 39 heavy (non-hydrogen) atoms. The molecule has 0 radical (unpaired) electrons. The zero-order valence-electron chi connectivity index (χ0n) is 22.2. The number of aryl methyl sites for hydroxylation is 1. The average Bonchev–Trinajstić information content (AvgIpc) is 3.37. The minimum Gasteiger partial charge on any atom is -0.337 e. The Kier molecular flexibility index (Phi) is 7.61. The van der Waals surface area contributed by atoms with E-state index in [0.717, 1.165) is 27.5 Å². The van der Waals surface area contributed by atoms with Gasteiger partial charge in [-0.1, -0.05) is 67.5 Å². The maximum absolute atomic E-state index is 13.3. The van der Waals surface area contributed by atoms with Crippen LogP contribution in [-0.4, -0.2) is 31.0 Å². The van der Waals surface area contributed by atoms with E-state index < -0.39 is 16.1 Å². The first-order valence-electron chi connectivity index (χ1n) is 12.8. The smallest absolute Gasteiger partial charge is 0.259 e. The number of rotatable bonds is 8. The van der Waals surface area contributed by atoms with Gasteiger partial charge in [0.05, 0.1) is 16.1 Å². The summed E-state index contributed by atoms with van der Waals surface area (Å²) < 4.78 is 34.5. The van der Waals surface area contributed by atoms with E-state index in [-0.39, 0.29) is 22.6 Å². The monoisotopic (exact) mass is 562 g/mol. The summed E-state index contributed by atoms with van der Waals surface area (Å²) >= 11 is 1.53. The van der Waals surface area contributed by atoms with Crippen molar-refractivity contribution in [1.29, 1.82) is 0 Å². The lowest BCUT2D eigenvalue weighted by atomic mass is 10.1. The lowest BCUT2D eigenvalue weighted by molar-refractivity contribution is 0.0984. The van der Waals surface area contributed by atoms with Gasteiger partial charge < -0.3 is 9.42 Å². The zero-order chi connectivity index (χ0) is 27.7. The van der Waals surface area contributed by atoms with Gasteiger partial charge in [-0.15, -0.1) is 0 Å². The number of aromatic nitrogens is 2. The number of carbonyl (C=O) groups is 1. The largest absolute Gasteiger partial charge is 0.337 e. The number of benzene rings is 3. The van der Waals surface area contributed by atoms with Gasteiger partial charge in [-0.3, -0.25) is 4.79 Å². The predicted octanol–water partition coefficient (Wildman–Crippen LogP) is 6.24. The van der Waals surface area contributed by atoms with E-state index in [2.05, 4.69) is 14.9 Å². The number of hydrogen-bond acceptors (Lipinski definition) is 7. The van der Waals surface area contributed by atoms with Crippen LogP contribution in [0.15, 0.2) is 85.9 Å². The fourth-order valence-electron chi connectivity index (χ4n) is 4.41. The van der Waals surface area contributed by atoms with E-state index in [1.54, 1.807) is 24.3 Å². The third kappa shape index (κ3) is 5.50. The number of hydrogen-bond donors (Lipinski definition) is 1. The van der Waals surface area contributed by atoms with Gasteiger partial charge in [-0.05, 0) is 61.7 Å². The molecule has 0 spiro atoms. The van der Waals surface area contributed by atoms with E-state index in [4.69, 9.17) is 4.52 Å². The highest BCUT2D eigenvalue weighted by Crippen LogP contribution is 2.43. The van der Waals surface area contributed by atoms with E-state index in [1.165, 1.54) is 11.8 Å². The van der Waals surface area contributed by atoms with Gasteiger partial charge in [0.2, 0.25) is 21.7 Å². The van der Waals surface area contributed by atoms with E-state index >= 15 is 0 Å². The molecule has 8 nitrogen and oxygen atoms in total. The van der Waals surface area contributed by atoms with Gasteiger partial charge in [0.1, 0.15) is 6.04 Å². The quantitative estimate of drug-likeness (QED) is 0.271. The van der Waals surface area contributed by atoms with Gasteiger partial charge in [0, 0.05) is 21.9 Å². The van der Waals surface area contributed by atoms with Gasteiger partial charge in [0.15, 0.2) is 0 Å². The topological polar surface area (TPSA) is 105 Å². The first kappa shape index (κ1) is 27.1. The highest BCUT2D eigenvalue weighted by molar-refractivity contribution is 7.99. The molecule has 0 saturated carbocycles. The number of nitrogens with zero attached hydrogens (tertiary/aromatic N) is 3. The number of sulfonamides is 1. The van der Waals surface area contributed by atoms with Crippen molar-refractivity contribution in [2.24, 2.45) is 5.92 Å². The van der Waals surface area contributed by atoms with Crippen LogP contribution in [0.25, 0.3) is 11.4 Å². The molecule has 0 bridgehead atoms. The van der Waals surface area contributed by atoms with Crippen LogP contribution >= 0.6 is 11.8 Å². The van der Waals surface area contributed by atoms with Crippen molar-refractivity contribution in [3.8, 4) is 11.4 Å². The fraction of sp³-hybridized carbons (Fsp3) is 0.276. The van der Waals surface area contributed by atoms with Gasteiger partial charge in [0.25, 0.3) is 5.91 Å². The number of fused-ring (bicyclic) bond motifs is 2. The number of anilines is 1. The molecule has 1 N–H and O–H groups in total. The lowest BCUT2D eigenvalue weighted by Gasteiger charge is -2.22. The van der Waals surface area contributed by atoms with Crippen LogP contribution in [0.3, 0.4) is 0 Å². The molecule has 0 aliphatic carbocycles. The van der Waals surface area contributed by atoms with E-state index in [1.807, 2.05) is 75.1 Å². The van der Waals surface area contributed by atoms with Crippen molar-refractivity contribution < 1.29 is 17.7 Å². The molecule has 4 aromatic rings. The van der Waals surface area contributed by atoms with E-state index in [9.17, 15) is 13.2 Å². The SMILES string of the molecule is CCCN1C(=O)c2ccccc2Sc2cc(-c3noc([C@@H](NS(=O)(=O)c4ccc(C)cc4)C(C)C)n3)ccc21. The maximum Gasteiger partial charge on any atom is 0.259 e. The van der Waals surface area contributed by atoms with Crippen LogP contribution in [0.4, 0.5) is 5.69 Å². The van der Waals surface area contributed by atoms with Crippen LogP contribution < -0.4 is 9.62 Å². The molecular formula is C29H30N4O4S2. The van der Waals surface area contributed by atoms with Crippen molar-refractivity contribution in [3.05, 3.63) is 83.7 Å². The second kappa shape index (κ2) is 11.0. The second-order valence-corrected chi connectivity index (χ2v) is 12.6. The molecule has 0 saturated heterocycles. The van der Waals surface area contributed by atoms with Gasteiger partial charge in [-0.2, -0.15) is 9.71 Å². The molecule has 202 valence electrons. The third-order valence-corrected chi connectivity index (χ3v) is 9.11. The molecule has 10 heteroatoms. The van der Waals surface area contributed by atoms with Crippen molar-refractivity contribution in [2.45, 2.75) is 54.8 Å². The van der Waals surface area contributed by atoms with Crippen molar-refractivity contribution in [1.82, 2.24) is 14.9 Å². The Morgan fingerprint density at radius 3 is 2.49 bits per heavy atom. The summed E-state index contributed by atoms with van der Waals surface area (Å²) in [5.41, 5.74) is 3.20. The predicted molar refractivity (Wildman–Crippen MR) is 151 cm³/mol. The minimum absolute atomic E-state index is 0.0195. The zero-order valence-corrected chi connectivity index (χ0v) is 23.8. The Bertz CT molecular complexity index is 1610. The molecule has 1 aromatic heterocycles. The normalized spacial score (nSPS) is 14.2. The van der Waals surface area contributed by atoms with Gasteiger partial charge >= 0.3 is 0 Å². The summed E-state index contributed by atoms with van der Waals surface area (Å²) in [6.45, 7) is 8.33. The second-order valence-electron chi connectivity index (χ2n) is 9.85. The molecule has 3 aromatic carbocycles. The molecule has 1 aliphatic rings. The maximum atomic E-state index is 13.3. The van der Waals surface area contributed by atoms with Crippen LogP contribution in [-0.2, 0) is 10.0 Å². The highest BCUT2D eigenvalue weighted by Gasteiger charge is 2.30. The van der Waals surface area contributed by atoms with Gasteiger partial charge in [-0.25, -0.2) is 8.42 Å². The molecule has 2 heterocycles. The van der Waals surface area contributed by atoms with Crippen LogP contribution in [0, 0.1) is 12.8 Å². The number of carbonyl (C=O) groups excluding carboxylic acids is 1. The number of nitrogens with one attached hydrogen (secondary N) is 1. The number of amides is 1. The van der Waals surface area contributed by atoms with Crippen molar-refractivity contribution in [2.75, 3.05) is 11.4 Å². The van der Waals surface area contributed by atoms with Crippen molar-refractivity contribution >= 4 is 33.4 Å². The minimum atomic E-state index is -3.80. The van der Waals surface area contributed by atoms with Crippen LogP contribution in [0.2, 0.25) is 0 Å². The Labute approximate surface area is 232 Å². The molecule has 0 fully saturated rings. The summed E-state index contributed by atoms with van der Waals surface area (Å²) in [5, 5.41) is 4.18. The summed E-state index contributed by atoms with van der Waals surface area (Å²) in [5.74, 6) is 0.367. The van der Waals surface area contributed by atoms with Crippen molar-refractivity contribution in [3.63, 3.8) is 0 Å². The summed E-state index contributed by atoms with van der Waals surface area (Å²) in [7, 11) is -3.80. The lowest BCUT2D eigenvalue weighted by Crippen LogP contribution is -2.32. The Morgan fingerprint density at radius 2 is 1.77 bits per heavy atom. The third-order valence-electron chi connectivity index (χ3n) is 6.53. The molecule has 5 rings (SSSR count). The fourth-order valence-corrected chi connectivity index (χ4v) is 6.87. The Balaban J connectivity index is 1.47. The molecular weight excluding hydrogens is 532 g/mol. The average molecular weight is 563 g/mol. The Morgan fingerprint density at radius 1 is 1.03 bits per heavy atom. The van der Waals surface area contributed by atoms with E-state index in [0.29, 0.717) is 23.5 Å². The summed E-state index contributed by atoms with van der Waals surface area (Å²) in [4.78, 5) is 21.7. The molecule has 1 atom stereocenters. The summed E-state index contributed by atoms with van der Waals surface area (Å²) in [6.07, 6.45) is 0.822.